The zero-order valence-corrected chi connectivity index (χ0v) is 15.6. The second-order valence-electron chi connectivity index (χ2n) is 4.84. The Bertz CT molecular complexity index is 866. The molecule has 0 aromatic heterocycles. The lowest BCUT2D eigenvalue weighted by atomic mass is 10.1. The van der Waals surface area contributed by atoms with Crippen LogP contribution in [0.3, 0.4) is 0 Å². The van der Waals surface area contributed by atoms with Crippen LogP contribution in [0.15, 0.2) is 19.6 Å². The number of hydrogen-bond donors (Lipinski definition) is 1. The summed E-state index contributed by atoms with van der Waals surface area (Å²) >= 11 is 5.09. The molecular weight excluding hydrogens is 376 g/mol. The molecule has 2 aliphatic rings. The molecule has 24 heavy (non-hydrogen) atoms. The molecule has 1 aromatic rings. The van der Waals surface area contributed by atoms with E-state index in [9.17, 15) is 9.90 Å². The van der Waals surface area contributed by atoms with Crippen LogP contribution in [0.2, 0.25) is 0 Å². The van der Waals surface area contributed by atoms with Crippen LogP contribution in [0.5, 0.6) is 0 Å². The summed E-state index contributed by atoms with van der Waals surface area (Å²) in [7, 11) is 0. The minimum absolute atomic E-state index is 0.181. The van der Waals surface area contributed by atoms with Crippen molar-refractivity contribution in [3.05, 3.63) is 11.1 Å². The third-order valence-electron chi connectivity index (χ3n) is 3.50. The van der Waals surface area contributed by atoms with Crippen LogP contribution >= 0.6 is 47.0 Å². The minimum Gasteiger partial charge on any atom is -0.478 e. The van der Waals surface area contributed by atoms with Crippen LogP contribution in [0.4, 0.5) is 0 Å². The third kappa shape index (κ3) is 2.23. The first-order valence-electron chi connectivity index (χ1n) is 6.47. The highest BCUT2D eigenvalue weighted by atomic mass is 32.2. The normalized spacial score (nSPS) is 18.4. The summed E-state index contributed by atoms with van der Waals surface area (Å²) in [4.78, 5) is 14.7. The molecule has 0 fully saturated rings. The second-order valence-corrected chi connectivity index (χ2v) is 10.3. The first-order chi connectivity index (χ1) is 11.4. The number of fused-ring (bicyclic) bond motifs is 2. The highest BCUT2D eigenvalue weighted by molar-refractivity contribution is 8.22. The van der Waals surface area contributed by atoms with Crippen molar-refractivity contribution < 1.29 is 9.90 Å². The number of thioether (sulfide) groups is 4. The van der Waals surface area contributed by atoms with Gasteiger partial charge in [0.25, 0.3) is 0 Å². The van der Waals surface area contributed by atoms with Gasteiger partial charge in [0.2, 0.25) is 0 Å². The second kappa shape index (κ2) is 5.70. The van der Waals surface area contributed by atoms with Crippen LogP contribution in [0.1, 0.15) is 15.9 Å². The van der Waals surface area contributed by atoms with E-state index in [2.05, 4.69) is 23.7 Å². The summed E-state index contributed by atoms with van der Waals surface area (Å²) in [6, 6.07) is 0. The van der Waals surface area contributed by atoms with Crippen molar-refractivity contribution in [2.75, 3.05) is 0 Å². The summed E-state index contributed by atoms with van der Waals surface area (Å²) in [5, 5.41) is 9.78. The topological polar surface area (TPSA) is 37.3 Å². The molecule has 0 amide bonds. The molecule has 6 heteroatoms. The van der Waals surface area contributed by atoms with Crippen molar-refractivity contribution in [2.24, 2.45) is 0 Å². The number of carboxylic acid groups (broad SMARTS) is 1. The predicted molar refractivity (Wildman–Crippen MR) is 102 cm³/mol. The largest absolute Gasteiger partial charge is 0.478 e. The lowest BCUT2D eigenvalue weighted by Gasteiger charge is -2.13. The third-order valence-corrected chi connectivity index (χ3v) is 9.51. The van der Waals surface area contributed by atoms with Crippen molar-refractivity contribution >= 4 is 53.0 Å². The lowest BCUT2D eigenvalue weighted by molar-refractivity contribution is 0.0688. The van der Waals surface area contributed by atoms with Gasteiger partial charge in [0, 0.05) is 19.6 Å². The van der Waals surface area contributed by atoms with E-state index in [-0.39, 0.29) is 5.56 Å². The van der Waals surface area contributed by atoms with E-state index in [0.29, 0.717) is 9.79 Å². The number of carboxylic acids is 1. The monoisotopic (exact) mass is 384 g/mol. The smallest absolute Gasteiger partial charge is 0.338 e. The fourth-order valence-electron chi connectivity index (χ4n) is 2.34. The summed E-state index contributed by atoms with van der Waals surface area (Å²) < 4.78 is -1.87. The fraction of sp³-hybridized carbons (Fsp3) is 0.167. The molecule has 3 rings (SSSR count). The van der Waals surface area contributed by atoms with E-state index in [1.807, 2.05) is 6.92 Å². The van der Waals surface area contributed by atoms with Gasteiger partial charge in [0.15, 0.2) is 8.16 Å². The average Bonchev–Trinajstić information content (AvgIpc) is 3.15. The van der Waals surface area contributed by atoms with E-state index in [1.54, 1.807) is 0 Å². The van der Waals surface area contributed by atoms with Gasteiger partial charge < -0.3 is 5.11 Å². The molecule has 2 heterocycles. The molecule has 1 N–H and O–H groups in total. The maximum Gasteiger partial charge on any atom is 0.338 e. The summed E-state index contributed by atoms with van der Waals surface area (Å²) in [6.07, 6.45) is 22.4. The number of terminal acetylenes is 4. The number of carbonyl (C=O) groups is 1. The van der Waals surface area contributed by atoms with Crippen LogP contribution < -0.4 is 0 Å². The Kier molecular flexibility index (Phi) is 4.08. The van der Waals surface area contributed by atoms with Gasteiger partial charge in [-0.15, -0.1) is 25.7 Å². The Balaban J connectivity index is 2.30. The van der Waals surface area contributed by atoms with Gasteiger partial charge in [-0.3, -0.25) is 0 Å². The van der Waals surface area contributed by atoms with Crippen molar-refractivity contribution in [2.45, 2.75) is 34.7 Å². The molecule has 2 aliphatic heterocycles. The summed E-state index contributed by atoms with van der Waals surface area (Å²) in [6.45, 7) is 1.91. The maximum atomic E-state index is 12.0. The Hall–Kier alpha value is -1.67. The van der Waals surface area contributed by atoms with E-state index in [1.165, 1.54) is 47.0 Å². The van der Waals surface area contributed by atoms with Crippen molar-refractivity contribution in [1.29, 1.82) is 0 Å². The van der Waals surface area contributed by atoms with Gasteiger partial charge in [0.1, 0.15) is 0 Å². The van der Waals surface area contributed by atoms with Gasteiger partial charge in [-0.05, 0) is 12.5 Å². The Morgan fingerprint density at radius 3 is 1.46 bits per heavy atom. The molecule has 0 saturated carbocycles. The average molecular weight is 385 g/mol. The number of aromatic carboxylic acids is 1. The van der Waals surface area contributed by atoms with Gasteiger partial charge in [-0.2, -0.15) is 0 Å². The molecule has 1 aromatic carbocycles. The zero-order chi connectivity index (χ0) is 17.7. The lowest BCUT2D eigenvalue weighted by Crippen LogP contribution is -2.10. The van der Waals surface area contributed by atoms with Crippen molar-refractivity contribution in [3.8, 4) is 49.4 Å². The van der Waals surface area contributed by atoms with Gasteiger partial charge in [0.05, 0.1) is 5.56 Å². The van der Waals surface area contributed by atoms with Crippen molar-refractivity contribution in [3.63, 3.8) is 0 Å². The van der Waals surface area contributed by atoms with E-state index in [0.717, 1.165) is 15.4 Å². The maximum absolute atomic E-state index is 12.0. The van der Waals surface area contributed by atoms with Gasteiger partial charge in [-0.25, -0.2) is 4.79 Å². The highest BCUT2D eigenvalue weighted by Gasteiger charge is 2.47. The van der Waals surface area contributed by atoms with Crippen molar-refractivity contribution in [1.82, 2.24) is 0 Å². The van der Waals surface area contributed by atoms with E-state index < -0.39 is 14.1 Å². The quantitative estimate of drug-likeness (QED) is 0.738. The molecule has 0 bridgehead atoms. The minimum atomic E-state index is -1.04. The molecule has 0 radical (unpaired) electrons. The molecule has 0 atom stereocenters. The SMILES string of the molecule is C#CC1(C#C)Sc2c(C)c3c(c(C(=O)O)c2S1)SC(C#C)(C#C)S3. The first-order valence-corrected chi connectivity index (χ1v) is 9.73. The van der Waals surface area contributed by atoms with Crippen LogP contribution in [-0.2, 0) is 0 Å². The fourth-order valence-corrected chi connectivity index (χ4v) is 7.90. The molecular formula is C18H8O2S4. The number of benzene rings is 1. The molecule has 2 nitrogen and oxygen atoms in total. The van der Waals surface area contributed by atoms with Crippen LogP contribution in [0, 0.1) is 56.3 Å². The van der Waals surface area contributed by atoms with Crippen LogP contribution in [-0.4, -0.2) is 19.2 Å². The molecule has 0 saturated heterocycles. The molecule has 0 spiro atoms. The van der Waals surface area contributed by atoms with E-state index >= 15 is 0 Å². The Labute approximate surface area is 157 Å². The van der Waals surface area contributed by atoms with Crippen LogP contribution in [0.25, 0.3) is 0 Å². The number of hydrogen-bond acceptors (Lipinski definition) is 5. The summed E-state index contributed by atoms with van der Waals surface area (Å²) in [5.74, 6) is 9.36. The first kappa shape index (κ1) is 17.2. The molecule has 116 valence electrons. The van der Waals surface area contributed by atoms with E-state index in [4.69, 9.17) is 25.7 Å². The molecule has 0 aliphatic carbocycles. The predicted octanol–water partition coefficient (Wildman–Crippen LogP) is 4.01. The number of rotatable bonds is 1. The highest BCUT2D eigenvalue weighted by Crippen LogP contribution is 2.65. The summed E-state index contributed by atoms with van der Waals surface area (Å²) in [5.41, 5.74) is 1.10. The van der Waals surface area contributed by atoms with Gasteiger partial charge in [-0.1, -0.05) is 70.7 Å². The Morgan fingerprint density at radius 2 is 1.17 bits per heavy atom. The Morgan fingerprint density at radius 1 is 0.833 bits per heavy atom. The standard InChI is InChI=1S/C18H8O2S4/c1-6-17(7-2)21-12-10(5)13-15(11(16(19)20)14(12)23-17)24-18(8-3,9-4)22-13/h1-4H,5H3,(H,19,20). The zero-order valence-electron chi connectivity index (χ0n) is 12.3. The molecule has 0 unspecified atom stereocenters. The van der Waals surface area contributed by atoms with Gasteiger partial charge >= 0.3 is 5.97 Å².